The number of hydrogen-bond acceptors (Lipinski definition) is 2. The fourth-order valence-corrected chi connectivity index (χ4v) is 1.62. The third-order valence-electron chi connectivity index (χ3n) is 2.76. The van der Waals surface area contributed by atoms with Crippen LogP contribution in [0.5, 0.6) is 5.75 Å². The van der Waals surface area contributed by atoms with Gasteiger partial charge in [-0.05, 0) is 24.6 Å². The van der Waals surface area contributed by atoms with Crippen molar-refractivity contribution in [1.82, 2.24) is 0 Å². The number of benzene rings is 1. The summed E-state index contributed by atoms with van der Waals surface area (Å²) in [5.41, 5.74) is 0.633. The summed E-state index contributed by atoms with van der Waals surface area (Å²) in [6.07, 6.45) is 5.71. The van der Waals surface area contributed by atoms with Crippen molar-refractivity contribution in [2.75, 3.05) is 13.7 Å². The lowest BCUT2D eigenvalue weighted by Gasteiger charge is -2.09. The van der Waals surface area contributed by atoms with E-state index in [1.165, 1.54) is 32.4 Å². The molecule has 0 bridgehead atoms. The zero-order valence-electron chi connectivity index (χ0n) is 13.9. The molecule has 2 nitrogen and oxygen atoms in total. The molecule has 120 valence electrons. The molecule has 0 atom stereocenters. The first-order valence-electron chi connectivity index (χ1n) is 7.76. The van der Waals surface area contributed by atoms with Crippen LogP contribution in [0.1, 0.15) is 58.4 Å². The van der Waals surface area contributed by atoms with E-state index in [9.17, 15) is 4.39 Å². The number of rotatable bonds is 8. The second-order valence-electron chi connectivity index (χ2n) is 4.89. The zero-order chi connectivity index (χ0) is 16.1. The molecule has 3 heteroatoms. The van der Waals surface area contributed by atoms with Crippen molar-refractivity contribution in [1.29, 1.82) is 0 Å². The lowest BCUT2D eigenvalue weighted by Crippen LogP contribution is -2.00. The molecule has 0 aliphatic heterocycles. The highest BCUT2D eigenvalue weighted by Crippen LogP contribution is 2.22. The van der Waals surface area contributed by atoms with E-state index >= 15 is 0 Å². The average molecular weight is 296 g/mol. The SMILES string of the molecule is C=C(OC)c1ccc(OCCCCCC)c(F)c1.CCC. The number of halogens is 1. The van der Waals surface area contributed by atoms with E-state index < -0.39 is 0 Å². The van der Waals surface area contributed by atoms with Crippen molar-refractivity contribution >= 4 is 5.76 Å². The molecule has 0 aromatic heterocycles. The molecular weight excluding hydrogens is 267 g/mol. The molecule has 0 heterocycles. The Labute approximate surface area is 129 Å². The maximum Gasteiger partial charge on any atom is 0.165 e. The van der Waals surface area contributed by atoms with Crippen LogP contribution in [-0.2, 0) is 4.74 Å². The summed E-state index contributed by atoms with van der Waals surface area (Å²) in [4.78, 5) is 0. The van der Waals surface area contributed by atoms with E-state index in [2.05, 4.69) is 27.4 Å². The summed E-state index contributed by atoms with van der Waals surface area (Å²) in [6, 6.07) is 4.75. The van der Waals surface area contributed by atoms with Crippen molar-refractivity contribution in [2.24, 2.45) is 0 Å². The highest BCUT2D eigenvalue weighted by atomic mass is 19.1. The molecule has 0 fully saturated rings. The van der Waals surface area contributed by atoms with Crippen molar-refractivity contribution in [3.63, 3.8) is 0 Å². The van der Waals surface area contributed by atoms with Gasteiger partial charge in [0.2, 0.25) is 0 Å². The van der Waals surface area contributed by atoms with E-state index in [4.69, 9.17) is 9.47 Å². The molecular formula is C18H29FO2. The molecule has 0 N–H and O–H groups in total. The number of unbranched alkanes of at least 4 members (excludes halogenated alkanes) is 3. The summed E-state index contributed by atoms with van der Waals surface area (Å²) in [6.45, 7) is 10.6. The Hall–Kier alpha value is -1.51. The Morgan fingerprint density at radius 3 is 2.33 bits per heavy atom. The minimum atomic E-state index is -0.374. The fraction of sp³-hybridized carbons (Fsp3) is 0.556. The third-order valence-corrected chi connectivity index (χ3v) is 2.76. The minimum Gasteiger partial charge on any atom is -0.497 e. The number of ether oxygens (including phenoxy) is 2. The first-order valence-corrected chi connectivity index (χ1v) is 7.76. The van der Waals surface area contributed by atoms with E-state index in [1.807, 2.05) is 0 Å². The second kappa shape index (κ2) is 12.2. The lowest BCUT2D eigenvalue weighted by atomic mass is 10.2. The van der Waals surface area contributed by atoms with Gasteiger partial charge in [0.25, 0.3) is 0 Å². The van der Waals surface area contributed by atoms with Gasteiger partial charge in [-0.3, -0.25) is 0 Å². The van der Waals surface area contributed by atoms with Gasteiger partial charge >= 0.3 is 0 Å². The predicted molar refractivity (Wildman–Crippen MR) is 88.0 cm³/mol. The Morgan fingerprint density at radius 2 is 1.81 bits per heavy atom. The summed E-state index contributed by atoms with van der Waals surface area (Å²) < 4.78 is 24.1. The normalized spacial score (nSPS) is 9.57. The lowest BCUT2D eigenvalue weighted by molar-refractivity contribution is 0.290. The molecule has 21 heavy (non-hydrogen) atoms. The smallest absolute Gasteiger partial charge is 0.165 e. The van der Waals surface area contributed by atoms with E-state index in [0.717, 1.165) is 12.8 Å². The van der Waals surface area contributed by atoms with Gasteiger partial charge < -0.3 is 9.47 Å². The zero-order valence-corrected chi connectivity index (χ0v) is 13.9. The molecule has 1 rings (SSSR count). The monoisotopic (exact) mass is 296 g/mol. The molecule has 0 radical (unpaired) electrons. The minimum absolute atomic E-state index is 0.291. The van der Waals surface area contributed by atoms with Crippen molar-refractivity contribution in [2.45, 2.75) is 52.9 Å². The Kier molecular flexibility index (Phi) is 11.4. The topological polar surface area (TPSA) is 18.5 Å². The van der Waals surface area contributed by atoms with Crippen LogP contribution in [0.2, 0.25) is 0 Å². The van der Waals surface area contributed by atoms with E-state index in [-0.39, 0.29) is 5.82 Å². The van der Waals surface area contributed by atoms with Crippen LogP contribution in [0.3, 0.4) is 0 Å². The molecule has 0 saturated heterocycles. The molecule has 1 aromatic rings. The molecule has 0 unspecified atom stereocenters. The van der Waals surface area contributed by atoms with Crippen molar-refractivity contribution in [3.05, 3.63) is 36.2 Å². The van der Waals surface area contributed by atoms with Crippen molar-refractivity contribution in [3.8, 4) is 5.75 Å². The highest BCUT2D eigenvalue weighted by Gasteiger charge is 2.06. The molecule has 0 spiro atoms. The number of hydrogen-bond donors (Lipinski definition) is 0. The Bertz CT molecular complexity index is 402. The van der Waals surface area contributed by atoms with Crippen LogP contribution in [0.25, 0.3) is 5.76 Å². The van der Waals surface area contributed by atoms with Crippen LogP contribution in [0.15, 0.2) is 24.8 Å². The number of methoxy groups -OCH3 is 1. The molecule has 0 aliphatic rings. The summed E-state index contributed by atoms with van der Waals surface area (Å²) >= 11 is 0. The van der Waals surface area contributed by atoms with E-state index in [1.54, 1.807) is 12.1 Å². The first-order chi connectivity index (χ1) is 10.1. The van der Waals surface area contributed by atoms with Gasteiger partial charge in [0.1, 0.15) is 5.76 Å². The standard InChI is InChI=1S/C15H21FO2.C3H8/c1-4-5-6-7-10-18-15-9-8-13(11-14(15)16)12(2)17-3;1-3-2/h8-9,11H,2,4-7,10H2,1,3H3;3H2,1-2H3. The molecule has 1 aromatic carbocycles. The maximum atomic E-state index is 13.7. The summed E-state index contributed by atoms with van der Waals surface area (Å²) in [7, 11) is 1.51. The average Bonchev–Trinajstić information content (AvgIpc) is 2.48. The van der Waals surface area contributed by atoms with Crippen molar-refractivity contribution < 1.29 is 13.9 Å². The largest absolute Gasteiger partial charge is 0.497 e. The van der Waals surface area contributed by atoms with Crippen LogP contribution < -0.4 is 4.74 Å². The van der Waals surface area contributed by atoms with Gasteiger partial charge in [-0.15, -0.1) is 0 Å². The van der Waals surface area contributed by atoms with Gasteiger partial charge in [0.15, 0.2) is 11.6 Å². The fourth-order valence-electron chi connectivity index (χ4n) is 1.62. The van der Waals surface area contributed by atoms with Crippen LogP contribution in [0, 0.1) is 5.82 Å². The summed E-state index contributed by atoms with van der Waals surface area (Å²) in [5.74, 6) is 0.365. The van der Waals surface area contributed by atoms with Gasteiger partial charge in [-0.1, -0.05) is 53.0 Å². The Balaban J connectivity index is 0.00000122. The van der Waals surface area contributed by atoms with Crippen LogP contribution in [-0.4, -0.2) is 13.7 Å². The maximum absolute atomic E-state index is 13.7. The second-order valence-corrected chi connectivity index (χ2v) is 4.89. The highest BCUT2D eigenvalue weighted by molar-refractivity contribution is 5.58. The quantitative estimate of drug-likeness (QED) is 0.444. The predicted octanol–water partition coefficient (Wildman–Crippen LogP) is 5.82. The Morgan fingerprint density at radius 1 is 1.14 bits per heavy atom. The van der Waals surface area contributed by atoms with Gasteiger partial charge in [-0.2, -0.15) is 0 Å². The molecule has 0 amide bonds. The summed E-state index contributed by atoms with van der Waals surface area (Å²) in [5, 5.41) is 0. The molecule has 0 saturated carbocycles. The van der Waals surface area contributed by atoms with Gasteiger partial charge in [-0.25, -0.2) is 4.39 Å². The third kappa shape index (κ3) is 8.38. The van der Waals surface area contributed by atoms with E-state index in [0.29, 0.717) is 23.7 Å². The van der Waals surface area contributed by atoms with Crippen LogP contribution >= 0.6 is 0 Å². The van der Waals surface area contributed by atoms with Gasteiger partial charge in [0.05, 0.1) is 13.7 Å². The first kappa shape index (κ1) is 19.5. The van der Waals surface area contributed by atoms with Gasteiger partial charge in [0, 0.05) is 5.56 Å². The molecule has 0 aliphatic carbocycles. The van der Waals surface area contributed by atoms with Crippen LogP contribution in [0.4, 0.5) is 4.39 Å².